The molecule has 1 aromatic heterocycles. The van der Waals surface area contributed by atoms with Crippen LogP contribution >= 0.6 is 0 Å². The Morgan fingerprint density at radius 1 is 1.53 bits per heavy atom. The van der Waals surface area contributed by atoms with E-state index < -0.39 is 19.0 Å². The molecule has 0 aliphatic heterocycles. The molecule has 4 nitrogen and oxygen atoms in total. The predicted octanol–water partition coefficient (Wildman–Crippen LogP) is 2.32. The first kappa shape index (κ1) is 14.0. The summed E-state index contributed by atoms with van der Waals surface area (Å²) in [5.41, 5.74) is 1.69. The zero-order chi connectivity index (χ0) is 14.2. The molecule has 19 heavy (non-hydrogen) atoms. The van der Waals surface area contributed by atoms with Gasteiger partial charge in [-0.3, -0.25) is 9.48 Å². The summed E-state index contributed by atoms with van der Waals surface area (Å²) in [6.07, 6.45) is -0.845. The van der Waals surface area contributed by atoms with Gasteiger partial charge in [-0.25, -0.2) is 8.78 Å². The molecule has 1 amide bonds. The van der Waals surface area contributed by atoms with Crippen LogP contribution in [0.3, 0.4) is 0 Å². The van der Waals surface area contributed by atoms with Crippen LogP contribution in [0.25, 0.3) is 0 Å². The number of halogens is 2. The van der Waals surface area contributed by atoms with Crippen LogP contribution in [-0.4, -0.2) is 39.6 Å². The van der Waals surface area contributed by atoms with Gasteiger partial charge in [0.1, 0.15) is 6.04 Å². The van der Waals surface area contributed by atoms with Crippen molar-refractivity contribution >= 4 is 5.91 Å². The van der Waals surface area contributed by atoms with Gasteiger partial charge in [-0.1, -0.05) is 0 Å². The van der Waals surface area contributed by atoms with E-state index in [0.29, 0.717) is 0 Å². The van der Waals surface area contributed by atoms with E-state index in [1.807, 2.05) is 19.9 Å². The number of aryl methyl sites for hydroxylation is 2. The highest BCUT2D eigenvalue weighted by molar-refractivity contribution is 5.80. The summed E-state index contributed by atoms with van der Waals surface area (Å²) in [6.45, 7) is 4.94. The average Bonchev–Trinajstić information content (AvgIpc) is 3.10. The Hall–Kier alpha value is -1.46. The fourth-order valence-electron chi connectivity index (χ4n) is 2.34. The van der Waals surface area contributed by atoms with Crippen LogP contribution < -0.4 is 0 Å². The van der Waals surface area contributed by atoms with Crippen LogP contribution in [0.1, 0.15) is 37.2 Å². The van der Waals surface area contributed by atoms with Gasteiger partial charge in [0.2, 0.25) is 5.91 Å². The van der Waals surface area contributed by atoms with E-state index in [1.165, 1.54) is 4.90 Å². The Kier molecular flexibility index (Phi) is 3.87. The summed E-state index contributed by atoms with van der Waals surface area (Å²) in [4.78, 5) is 13.7. The molecule has 1 aliphatic carbocycles. The Morgan fingerprint density at radius 3 is 2.58 bits per heavy atom. The highest BCUT2D eigenvalue weighted by atomic mass is 19.3. The Labute approximate surface area is 111 Å². The summed E-state index contributed by atoms with van der Waals surface area (Å²) >= 11 is 0. The molecule has 1 heterocycles. The number of hydrogen-bond donors (Lipinski definition) is 0. The van der Waals surface area contributed by atoms with Crippen LogP contribution in [0.2, 0.25) is 0 Å². The number of hydrogen-bond acceptors (Lipinski definition) is 2. The van der Waals surface area contributed by atoms with Crippen molar-refractivity contribution in [3.63, 3.8) is 0 Å². The molecule has 1 aliphatic rings. The van der Waals surface area contributed by atoms with Gasteiger partial charge in [-0.15, -0.1) is 0 Å². The topological polar surface area (TPSA) is 38.1 Å². The van der Waals surface area contributed by atoms with Gasteiger partial charge in [0, 0.05) is 11.7 Å². The third kappa shape index (κ3) is 3.11. The van der Waals surface area contributed by atoms with Crippen LogP contribution in [0, 0.1) is 13.8 Å². The van der Waals surface area contributed by atoms with Crippen molar-refractivity contribution in [1.29, 1.82) is 0 Å². The van der Waals surface area contributed by atoms with E-state index >= 15 is 0 Å². The quantitative estimate of drug-likeness (QED) is 0.824. The fourth-order valence-corrected chi connectivity index (χ4v) is 2.34. The van der Waals surface area contributed by atoms with Gasteiger partial charge in [-0.05, 0) is 39.7 Å². The zero-order valence-corrected chi connectivity index (χ0v) is 11.4. The molecular formula is C13H19F2N3O. The van der Waals surface area contributed by atoms with Crippen molar-refractivity contribution in [3.8, 4) is 0 Å². The minimum Gasteiger partial charge on any atom is -0.332 e. The maximum atomic E-state index is 12.6. The van der Waals surface area contributed by atoms with Gasteiger partial charge in [0.15, 0.2) is 0 Å². The molecule has 0 bridgehead atoms. The molecule has 1 aromatic rings. The van der Waals surface area contributed by atoms with E-state index in [2.05, 4.69) is 5.10 Å². The second-order valence-corrected chi connectivity index (χ2v) is 5.16. The normalized spacial score (nSPS) is 16.7. The van der Waals surface area contributed by atoms with Crippen molar-refractivity contribution in [2.45, 2.75) is 52.1 Å². The lowest BCUT2D eigenvalue weighted by molar-refractivity contribution is -0.137. The minimum absolute atomic E-state index is 0.0130. The molecule has 0 aromatic carbocycles. The standard InChI is InChI=1S/C13H19F2N3O/c1-8-6-9(2)18(16-8)10(3)13(19)17(7-12(14)15)11-4-5-11/h6,10-12H,4-5,7H2,1-3H3/t10-/m0/s1. The van der Waals surface area contributed by atoms with Crippen molar-refractivity contribution in [2.24, 2.45) is 0 Å². The van der Waals surface area contributed by atoms with Crippen LogP contribution in [0.15, 0.2) is 6.07 Å². The van der Waals surface area contributed by atoms with Crippen molar-refractivity contribution in [2.75, 3.05) is 6.54 Å². The number of aromatic nitrogens is 2. The van der Waals surface area contributed by atoms with Crippen LogP contribution in [0.5, 0.6) is 0 Å². The van der Waals surface area contributed by atoms with E-state index in [0.717, 1.165) is 24.2 Å². The molecule has 106 valence electrons. The third-order valence-electron chi connectivity index (χ3n) is 3.37. The summed E-state index contributed by atoms with van der Waals surface area (Å²) in [5, 5.41) is 4.25. The fraction of sp³-hybridized carbons (Fsp3) is 0.692. The first-order valence-corrected chi connectivity index (χ1v) is 6.51. The van der Waals surface area contributed by atoms with Crippen molar-refractivity contribution < 1.29 is 13.6 Å². The maximum absolute atomic E-state index is 12.6. The minimum atomic E-state index is -2.49. The van der Waals surface area contributed by atoms with Gasteiger partial charge in [-0.2, -0.15) is 5.10 Å². The van der Waals surface area contributed by atoms with Crippen molar-refractivity contribution in [1.82, 2.24) is 14.7 Å². The van der Waals surface area contributed by atoms with E-state index in [9.17, 15) is 13.6 Å². The first-order valence-electron chi connectivity index (χ1n) is 6.51. The Bertz CT molecular complexity index is 468. The highest BCUT2D eigenvalue weighted by Crippen LogP contribution is 2.29. The van der Waals surface area contributed by atoms with Gasteiger partial charge in [0.25, 0.3) is 6.43 Å². The number of alkyl halides is 2. The van der Waals surface area contributed by atoms with Gasteiger partial charge in [0.05, 0.1) is 12.2 Å². The number of rotatable bonds is 5. The maximum Gasteiger partial charge on any atom is 0.255 e. The summed E-state index contributed by atoms with van der Waals surface area (Å²) in [6, 6.07) is 1.33. The number of carbonyl (C=O) groups is 1. The van der Waals surface area contributed by atoms with Crippen LogP contribution in [-0.2, 0) is 4.79 Å². The molecule has 0 unspecified atom stereocenters. The summed E-state index contributed by atoms with van der Waals surface area (Å²) in [5.74, 6) is -0.269. The lowest BCUT2D eigenvalue weighted by Gasteiger charge is -2.26. The highest BCUT2D eigenvalue weighted by Gasteiger charge is 2.36. The lowest BCUT2D eigenvalue weighted by atomic mass is 10.2. The lowest BCUT2D eigenvalue weighted by Crippen LogP contribution is -2.41. The largest absolute Gasteiger partial charge is 0.332 e. The van der Waals surface area contributed by atoms with E-state index in [-0.39, 0.29) is 11.9 Å². The smallest absolute Gasteiger partial charge is 0.255 e. The van der Waals surface area contributed by atoms with E-state index in [1.54, 1.807) is 11.6 Å². The van der Waals surface area contributed by atoms with Crippen LogP contribution in [0.4, 0.5) is 8.78 Å². The van der Waals surface area contributed by atoms with Crippen molar-refractivity contribution in [3.05, 3.63) is 17.5 Å². The number of amides is 1. The summed E-state index contributed by atoms with van der Waals surface area (Å²) < 4.78 is 26.7. The molecule has 0 radical (unpaired) electrons. The molecule has 1 saturated carbocycles. The second-order valence-electron chi connectivity index (χ2n) is 5.16. The molecule has 0 spiro atoms. The molecule has 1 fully saturated rings. The molecule has 1 atom stereocenters. The predicted molar refractivity (Wildman–Crippen MR) is 67.2 cm³/mol. The molecule has 2 rings (SSSR count). The summed E-state index contributed by atoms with van der Waals surface area (Å²) in [7, 11) is 0. The van der Waals surface area contributed by atoms with Gasteiger partial charge >= 0.3 is 0 Å². The van der Waals surface area contributed by atoms with Gasteiger partial charge < -0.3 is 4.90 Å². The SMILES string of the molecule is Cc1cc(C)n([C@@H](C)C(=O)N(CC(F)F)C2CC2)n1. The molecule has 6 heteroatoms. The molecule has 0 saturated heterocycles. The monoisotopic (exact) mass is 271 g/mol. The molecule has 0 N–H and O–H groups in total. The second kappa shape index (κ2) is 5.27. The average molecular weight is 271 g/mol. The Morgan fingerprint density at radius 2 is 2.16 bits per heavy atom. The van der Waals surface area contributed by atoms with E-state index in [4.69, 9.17) is 0 Å². The number of nitrogens with zero attached hydrogens (tertiary/aromatic N) is 3. The number of carbonyl (C=O) groups excluding carboxylic acids is 1. The molecular weight excluding hydrogens is 252 g/mol. The Balaban J connectivity index is 2.14. The first-order chi connectivity index (χ1) is 8.90. The third-order valence-corrected chi connectivity index (χ3v) is 3.37. The zero-order valence-electron chi connectivity index (χ0n) is 11.4.